The number of para-hydroxylation sites is 1. The van der Waals surface area contributed by atoms with E-state index in [1.807, 2.05) is 0 Å². The highest BCUT2D eigenvalue weighted by atomic mass is 35.5. The molecule has 0 radical (unpaired) electrons. The molecule has 1 amide bonds. The number of halogens is 4. The molecule has 0 saturated heterocycles. The van der Waals surface area contributed by atoms with Gasteiger partial charge in [-0.1, -0.05) is 43.1 Å². The molecule has 2 N–H and O–H groups in total. The van der Waals surface area contributed by atoms with Crippen molar-refractivity contribution in [3.8, 4) is 0 Å². The summed E-state index contributed by atoms with van der Waals surface area (Å²) in [4.78, 5) is 14.2. The predicted molar refractivity (Wildman–Crippen MR) is 105 cm³/mol. The number of hydrogen-bond donors (Lipinski definition) is 2. The molecule has 1 aromatic rings. The third kappa shape index (κ3) is 9.60. The van der Waals surface area contributed by atoms with E-state index in [1.165, 1.54) is 0 Å². The fourth-order valence-electron chi connectivity index (χ4n) is 1.97. The van der Waals surface area contributed by atoms with Crippen molar-refractivity contribution in [2.24, 2.45) is 0 Å². The van der Waals surface area contributed by atoms with Crippen LogP contribution >= 0.6 is 48.0 Å². The predicted octanol–water partition coefficient (Wildman–Crippen LogP) is 4.10. The van der Waals surface area contributed by atoms with E-state index < -0.39 is 0 Å². The first-order chi connectivity index (χ1) is 10.1. The van der Waals surface area contributed by atoms with Gasteiger partial charge in [0.1, 0.15) is 0 Å². The molecule has 0 saturated carbocycles. The second-order valence-corrected chi connectivity index (χ2v) is 5.52. The van der Waals surface area contributed by atoms with Crippen LogP contribution in [0.15, 0.2) is 18.2 Å². The minimum Gasteiger partial charge on any atom is -0.322 e. The molecule has 1 rings (SSSR count). The molecule has 0 bridgehead atoms. The van der Waals surface area contributed by atoms with Gasteiger partial charge in [-0.25, -0.2) is 0 Å². The van der Waals surface area contributed by atoms with Gasteiger partial charge in [-0.15, -0.1) is 24.8 Å². The number of anilines is 1. The molecule has 134 valence electrons. The highest BCUT2D eigenvalue weighted by Gasteiger charge is 2.09. The molecule has 0 unspecified atom stereocenters. The van der Waals surface area contributed by atoms with Crippen molar-refractivity contribution in [3.63, 3.8) is 0 Å². The second-order valence-electron chi connectivity index (χ2n) is 4.70. The lowest BCUT2D eigenvalue weighted by atomic mass is 10.3. The normalized spacial score (nSPS) is 9.96. The van der Waals surface area contributed by atoms with E-state index in [4.69, 9.17) is 23.2 Å². The zero-order valence-electron chi connectivity index (χ0n) is 13.4. The Bertz CT molecular complexity index is 436. The highest BCUT2D eigenvalue weighted by molar-refractivity contribution is 6.39. The Morgan fingerprint density at radius 1 is 1.13 bits per heavy atom. The molecule has 0 heterocycles. The summed E-state index contributed by atoms with van der Waals surface area (Å²) in [7, 11) is 0. The van der Waals surface area contributed by atoms with Gasteiger partial charge in [0.2, 0.25) is 5.91 Å². The molecule has 23 heavy (non-hydrogen) atoms. The average Bonchev–Trinajstić information content (AvgIpc) is 2.47. The summed E-state index contributed by atoms with van der Waals surface area (Å²) in [6, 6.07) is 5.13. The highest BCUT2D eigenvalue weighted by Crippen LogP contribution is 2.29. The van der Waals surface area contributed by atoms with Gasteiger partial charge < -0.3 is 15.5 Å². The molecule has 0 aliphatic rings. The van der Waals surface area contributed by atoms with Gasteiger partial charge in [0, 0.05) is 0 Å². The maximum atomic E-state index is 11.8. The second kappa shape index (κ2) is 14.1. The number of amides is 1. The van der Waals surface area contributed by atoms with E-state index in [0.29, 0.717) is 15.7 Å². The third-order valence-electron chi connectivity index (χ3n) is 3.24. The Morgan fingerprint density at radius 2 is 1.70 bits per heavy atom. The van der Waals surface area contributed by atoms with Gasteiger partial charge in [0.25, 0.3) is 0 Å². The van der Waals surface area contributed by atoms with Crippen molar-refractivity contribution >= 4 is 59.6 Å². The van der Waals surface area contributed by atoms with Gasteiger partial charge >= 0.3 is 0 Å². The van der Waals surface area contributed by atoms with Crippen LogP contribution in [0, 0.1) is 0 Å². The van der Waals surface area contributed by atoms with E-state index in [1.54, 1.807) is 18.2 Å². The van der Waals surface area contributed by atoms with Gasteiger partial charge in [0.05, 0.1) is 22.3 Å². The van der Waals surface area contributed by atoms with Crippen LogP contribution in [0.4, 0.5) is 5.69 Å². The number of hydrogen-bond acceptors (Lipinski definition) is 3. The van der Waals surface area contributed by atoms with Crippen molar-refractivity contribution in [2.75, 3.05) is 38.0 Å². The SMILES string of the molecule is CCN(CC)CCCNCC(=O)Nc1c(Cl)cccc1Cl.Cl.Cl. The molecule has 0 aliphatic carbocycles. The van der Waals surface area contributed by atoms with Crippen molar-refractivity contribution in [3.05, 3.63) is 28.2 Å². The van der Waals surface area contributed by atoms with Crippen molar-refractivity contribution < 1.29 is 4.79 Å². The largest absolute Gasteiger partial charge is 0.322 e. The number of benzene rings is 1. The van der Waals surface area contributed by atoms with E-state index in [0.717, 1.165) is 32.6 Å². The number of carbonyl (C=O) groups is 1. The zero-order valence-corrected chi connectivity index (χ0v) is 16.5. The molecule has 8 heteroatoms. The van der Waals surface area contributed by atoms with Gasteiger partial charge in [-0.05, 0) is 44.7 Å². The van der Waals surface area contributed by atoms with Crippen LogP contribution in [0.5, 0.6) is 0 Å². The summed E-state index contributed by atoms with van der Waals surface area (Å²) in [5, 5.41) is 6.73. The molecule has 0 aromatic heterocycles. The summed E-state index contributed by atoms with van der Waals surface area (Å²) >= 11 is 12.0. The molecule has 1 aromatic carbocycles. The van der Waals surface area contributed by atoms with Crippen molar-refractivity contribution in [1.82, 2.24) is 10.2 Å². The quantitative estimate of drug-likeness (QED) is 0.609. The first-order valence-electron chi connectivity index (χ1n) is 7.25. The fraction of sp³-hybridized carbons (Fsp3) is 0.533. The van der Waals surface area contributed by atoms with Crippen molar-refractivity contribution in [2.45, 2.75) is 20.3 Å². The lowest BCUT2D eigenvalue weighted by Gasteiger charge is -2.17. The van der Waals surface area contributed by atoms with Crippen molar-refractivity contribution in [1.29, 1.82) is 0 Å². The van der Waals surface area contributed by atoms with E-state index >= 15 is 0 Å². The standard InChI is InChI=1S/C15H23Cl2N3O.2ClH/c1-3-20(4-2)10-6-9-18-11-14(21)19-15-12(16)7-5-8-13(15)17;;/h5,7-8,18H,3-4,6,9-11H2,1-2H3,(H,19,21);2*1H. The Balaban J connectivity index is 0. The van der Waals surface area contributed by atoms with Gasteiger partial charge in [-0.2, -0.15) is 0 Å². The maximum absolute atomic E-state index is 11.8. The number of nitrogens with one attached hydrogen (secondary N) is 2. The molecule has 4 nitrogen and oxygen atoms in total. The number of rotatable bonds is 9. The molecular formula is C15H25Cl4N3O. The lowest BCUT2D eigenvalue weighted by molar-refractivity contribution is -0.115. The Kier molecular flexibility index (Phi) is 15.4. The minimum atomic E-state index is -0.146. The van der Waals surface area contributed by atoms with Crippen LogP contribution in [-0.4, -0.2) is 43.5 Å². The summed E-state index contributed by atoms with van der Waals surface area (Å²) in [5.74, 6) is -0.146. The molecule has 0 atom stereocenters. The van der Waals surface area contributed by atoms with Gasteiger partial charge in [0.15, 0.2) is 0 Å². The first kappa shape index (κ1) is 25.0. The summed E-state index contributed by atoms with van der Waals surface area (Å²) in [5.41, 5.74) is 0.468. The summed E-state index contributed by atoms with van der Waals surface area (Å²) < 4.78 is 0. The number of nitrogens with zero attached hydrogens (tertiary/aromatic N) is 1. The number of carbonyl (C=O) groups excluding carboxylic acids is 1. The molecule has 0 spiro atoms. The Hall–Kier alpha value is -0.230. The van der Waals surface area contributed by atoms with Crippen LogP contribution in [-0.2, 0) is 4.79 Å². The Morgan fingerprint density at radius 3 is 2.22 bits per heavy atom. The van der Waals surface area contributed by atoms with Gasteiger partial charge in [-0.3, -0.25) is 4.79 Å². The van der Waals surface area contributed by atoms with Crippen LogP contribution in [0.25, 0.3) is 0 Å². The maximum Gasteiger partial charge on any atom is 0.238 e. The first-order valence-corrected chi connectivity index (χ1v) is 8.01. The monoisotopic (exact) mass is 403 g/mol. The molecular weight excluding hydrogens is 380 g/mol. The van der Waals surface area contributed by atoms with E-state index in [-0.39, 0.29) is 37.3 Å². The fourth-order valence-corrected chi connectivity index (χ4v) is 2.46. The van der Waals surface area contributed by atoms with Crippen LogP contribution in [0.2, 0.25) is 10.0 Å². The zero-order chi connectivity index (χ0) is 15.7. The van der Waals surface area contributed by atoms with Crippen LogP contribution in [0.1, 0.15) is 20.3 Å². The molecule has 0 aliphatic heterocycles. The summed E-state index contributed by atoms with van der Waals surface area (Å²) in [6.45, 7) is 8.51. The topological polar surface area (TPSA) is 44.4 Å². The minimum absolute atomic E-state index is 0. The van der Waals surface area contributed by atoms with Crippen LogP contribution < -0.4 is 10.6 Å². The molecule has 0 fully saturated rings. The summed E-state index contributed by atoms with van der Waals surface area (Å²) in [6.07, 6.45) is 1.02. The van der Waals surface area contributed by atoms with E-state index in [9.17, 15) is 4.79 Å². The smallest absolute Gasteiger partial charge is 0.238 e. The third-order valence-corrected chi connectivity index (χ3v) is 3.87. The van der Waals surface area contributed by atoms with E-state index in [2.05, 4.69) is 29.4 Å². The lowest BCUT2D eigenvalue weighted by Crippen LogP contribution is -2.31. The Labute approximate surface area is 161 Å². The van der Waals surface area contributed by atoms with Crippen LogP contribution in [0.3, 0.4) is 0 Å². The average molecular weight is 405 g/mol.